The summed E-state index contributed by atoms with van der Waals surface area (Å²) in [6, 6.07) is 6.21. The molecule has 2 aromatic rings. The predicted octanol–water partition coefficient (Wildman–Crippen LogP) is 2.92. The first kappa shape index (κ1) is 19.0. The van der Waals surface area contributed by atoms with E-state index < -0.39 is 0 Å². The number of amides is 1. The Hall–Kier alpha value is -2.34. The van der Waals surface area contributed by atoms with E-state index in [1.54, 1.807) is 12.4 Å². The van der Waals surface area contributed by atoms with E-state index >= 15 is 0 Å². The van der Waals surface area contributed by atoms with Crippen molar-refractivity contribution in [2.24, 2.45) is 0 Å². The van der Waals surface area contributed by atoms with Crippen molar-refractivity contribution in [2.75, 3.05) is 26.2 Å². The van der Waals surface area contributed by atoms with Crippen LogP contribution in [0.3, 0.4) is 0 Å². The van der Waals surface area contributed by atoms with Crippen molar-refractivity contribution in [1.29, 1.82) is 0 Å². The van der Waals surface area contributed by atoms with Crippen LogP contribution < -0.4 is 0 Å². The van der Waals surface area contributed by atoms with Gasteiger partial charge in [0.1, 0.15) is 5.82 Å². The van der Waals surface area contributed by atoms with E-state index in [0.29, 0.717) is 18.0 Å². The highest BCUT2D eigenvalue weighted by Gasteiger charge is 2.30. The first-order valence-electron chi connectivity index (χ1n) is 10.5. The molecule has 0 unspecified atom stereocenters. The topological polar surface area (TPSA) is 62.2 Å². The highest BCUT2D eigenvalue weighted by molar-refractivity contribution is 5.93. The number of rotatable bonds is 7. The molecule has 2 aliphatic rings. The van der Waals surface area contributed by atoms with Gasteiger partial charge in [0.2, 0.25) is 0 Å². The Labute approximate surface area is 167 Å². The Kier molecular flexibility index (Phi) is 5.95. The first-order valence-corrected chi connectivity index (χ1v) is 10.5. The third kappa shape index (κ3) is 4.55. The zero-order valence-electron chi connectivity index (χ0n) is 16.6. The molecule has 0 radical (unpaired) electrons. The molecule has 28 heavy (non-hydrogen) atoms. The van der Waals surface area contributed by atoms with Gasteiger partial charge < -0.3 is 9.80 Å². The minimum Gasteiger partial charge on any atom is -0.335 e. The van der Waals surface area contributed by atoms with E-state index in [-0.39, 0.29) is 11.9 Å². The molecule has 0 bridgehead atoms. The summed E-state index contributed by atoms with van der Waals surface area (Å²) in [5, 5.41) is 0. The van der Waals surface area contributed by atoms with Gasteiger partial charge >= 0.3 is 0 Å². The van der Waals surface area contributed by atoms with Crippen LogP contribution in [0.25, 0.3) is 0 Å². The van der Waals surface area contributed by atoms with Gasteiger partial charge in [0, 0.05) is 62.3 Å². The molecule has 0 atom stereocenters. The molecule has 1 amide bonds. The zero-order chi connectivity index (χ0) is 19.3. The molecule has 2 aromatic heterocycles. The number of carbonyl (C=O) groups is 1. The van der Waals surface area contributed by atoms with E-state index in [4.69, 9.17) is 0 Å². The van der Waals surface area contributed by atoms with Gasteiger partial charge in [0.25, 0.3) is 5.91 Å². The van der Waals surface area contributed by atoms with Gasteiger partial charge in [-0.1, -0.05) is 13.0 Å². The van der Waals surface area contributed by atoms with Gasteiger partial charge in [-0.25, -0.2) is 9.97 Å². The van der Waals surface area contributed by atoms with Gasteiger partial charge in [-0.2, -0.15) is 0 Å². The number of piperidine rings is 1. The number of likely N-dealkylation sites (tertiary alicyclic amines) is 1. The van der Waals surface area contributed by atoms with Crippen molar-refractivity contribution < 1.29 is 4.79 Å². The van der Waals surface area contributed by atoms with Crippen LogP contribution in [0.5, 0.6) is 0 Å². The Balaban J connectivity index is 1.48. The molecule has 148 valence electrons. The van der Waals surface area contributed by atoms with Gasteiger partial charge in [-0.15, -0.1) is 0 Å². The summed E-state index contributed by atoms with van der Waals surface area (Å²) >= 11 is 0. The summed E-state index contributed by atoms with van der Waals surface area (Å²) in [5.74, 6) is 1.43. The van der Waals surface area contributed by atoms with Crippen LogP contribution in [-0.2, 0) is 6.42 Å². The molecule has 6 heteroatoms. The van der Waals surface area contributed by atoms with Crippen LogP contribution in [0.2, 0.25) is 0 Å². The fourth-order valence-electron chi connectivity index (χ4n) is 3.94. The number of hydrogen-bond donors (Lipinski definition) is 0. The molecule has 1 aliphatic carbocycles. The zero-order valence-corrected chi connectivity index (χ0v) is 16.6. The Morgan fingerprint density at radius 2 is 1.86 bits per heavy atom. The van der Waals surface area contributed by atoms with Gasteiger partial charge in [0.05, 0.1) is 5.56 Å². The summed E-state index contributed by atoms with van der Waals surface area (Å²) < 4.78 is 0. The Morgan fingerprint density at radius 3 is 2.46 bits per heavy atom. The van der Waals surface area contributed by atoms with E-state index in [1.807, 2.05) is 29.3 Å². The molecule has 0 spiro atoms. The smallest absolute Gasteiger partial charge is 0.257 e. The summed E-state index contributed by atoms with van der Waals surface area (Å²) in [6.45, 7) is 6.04. The van der Waals surface area contributed by atoms with Crippen molar-refractivity contribution in [3.63, 3.8) is 0 Å². The average Bonchev–Trinajstić information content (AvgIpc) is 3.60. The van der Waals surface area contributed by atoms with E-state index in [1.165, 1.54) is 12.8 Å². The number of aromatic nitrogens is 3. The molecule has 1 saturated heterocycles. The van der Waals surface area contributed by atoms with Crippen LogP contribution in [0, 0.1) is 0 Å². The van der Waals surface area contributed by atoms with Crippen LogP contribution in [0.15, 0.2) is 36.8 Å². The minimum atomic E-state index is 0.0493. The summed E-state index contributed by atoms with van der Waals surface area (Å²) in [5.41, 5.74) is 1.62. The van der Waals surface area contributed by atoms with Gasteiger partial charge in [0.15, 0.2) is 0 Å². The van der Waals surface area contributed by atoms with Crippen LogP contribution in [-0.4, -0.2) is 62.9 Å². The second-order valence-electron chi connectivity index (χ2n) is 7.84. The van der Waals surface area contributed by atoms with E-state index in [9.17, 15) is 4.79 Å². The normalized spacial score (nSPS) is 18.2. The lowest BCUT2D eigenvalue weighted by Gasteiger charge is -2.38. The molecular weight excluding hydrogens is 350 g/mol. The molecule has 1 aliphatic heterocycles. The number of carbonyl (C=O) groups excluding carboxylic acids is 1. The fraction of sp³-hybridized carbons (Fsp3) is 0.545. The van der Waals surface area contributed by atoms with Crippen LogP contribution in [0.1, 0.15) is 60.4 Å². The van der Waals surface area contributed by atoms with E-state index in [2.05, 4.69) is 26.8 Å². The summed E-state index contributed by atoms with van der Waals surface area (Å²) in [6.07, 6.45) is 10.4. The Bertz CT molecular complexity index is 767. The Morgan fingerprint density at radius 1 is 1.11 bits per heavy atom. The van der Waals surface area contributed by atoms with Gasteiger partial charge in [-0.05, 0) is 44.4 Å². The van der Waals surface area contributed by atoms with Crippen LogP contribution >= 0.6 is 0 Å². The molecule has 6 nitrogen and oxygen atoms in total. The van der Waals surface area contributed by atoms with Crippen molar-refractivity contribution >= 4 is 5.91 Å². The highest BCUT2D eigenvalue weighted by Crippen LogP contribution is 2.37. The van der Waals surface area contributed by atoms with Crippen molar-refractivity contribution in [2.45, 2.75) is 51.0 Å². The molecule has 4 rings (SSSR count). The number of pyridine rings is 1. The standard InChI is InChI=1S/C22H29N5O/c1-2-26-12-9-20(10-13-26)27(14-8-19-5-3-4-11-23-19)22(28)18-15-24-21(25-16-18)17-6-7-17/h3-5,11,15-17,20H,2,6-10,12-14H2,1H3. The maximum Gasteiger partial charge on any atom is 0.257 e. The summed E-state index contributed by atoms with van der Waals surface area (Å²) in [7, 11) is 0. The number of nitrogens with zero attached hydrogens (tertiary/aromatic N) is 5. The van der Waals surface area contributed by atoms with Crippen molar-refractivity contribution in [3.8, 4) is 0 Å². The summed E-state index contributed by atoms with van der Waals surface area (Å²) in [4.78, 5) is 31.1. The van der Waals surface area contributed by atoms with E-state index in [0.717, 1.165) is 50.4 Å². The monoisotopic (exact) mass is 379 g/mol. The maximum atomic E-state index is 13.3. The third-order valence-corrected chi connectivity index (χ3v) is 5.90. The minimum absolute atomic E-state index is 0.0493. The van der Waals surface area contributed by atoms with Crippen LogP contribution in [0.4, 0.5) is 0 Å². The lowest BCUT2D eigenvalue weighted by Crippen LogP contribution is -2.48. The molecule has 3 heterocycles. The first-order chi connectivity index (χ1) is 13.7. The second-order valence-corrected chi connectivity index (χ2v) is 7.84. The lowest BCUT2D eigenvalue weighted by atomic mass is 10.0. The average molecular weight is 380 g/mol. The quantitative estimate of drug-likeness (QED) is 0.740. The fourth-order valence-corrected chi connectivity index (χ4v) is 3.94. The lowest BCUT2D eigenvalue weighted by molar-refractivity contribution is 0.0578. The van der Waals surface area contributed by atoms with Gasteiger partial charge in [-0.3, -0.25) is 9.78 Å². The largest absolute Gasteiger partial charge is 0.335 e. The molecule has 0 N–H and O–H groups in total. The third-order valence-electron chi connectivity index (χ3n) is 5.90. The predicted molar refractivity (Wildman–Crippen MR) is 108 cm³/mol. The molecule has 1 saturated carbocycles. The van der Waals surface area contributed by atoms with Crippen molar-refractivity contribution in [3.05, 3.63) is 53.9 Å². The molecule has 0 aromatic carbocycles. The SMILES string of the molecule is CCN1CCC(N(CCc2ccccn2)C(=O)c2cnc(C3CC3)nc2)CC1. The molecule has 2 fully saturated rings. The second kappa shape index (κ2) is 8.78. The maximum absolute atomic E-state index is 13.3. The highest BCUT2D eigenvalue weighted by atomic mass is 16.2. The molecular formula is C22H29N5O. The number of hydrogen-bond acceptors (Lipinski definition) is 5. The van der Waals surface area contributed by atoms with Crippen molar-refractivity contribution in [1.82, 2.24) is 24.8 Å².